The van der Waals surface area contributed by atoms with Crippen LogP contribution in [0.2, 0.25) is 0 Å². The molecule has 0 spiro atoms. The number of hydrogen-bond donors (Lipinski definition) is 27. The standard InChI is InChI=1S/C101H153N27O21/c1-10-12-13-14-15-16-17-18-19-20-21-22-26-33-82(133)116-74-45-59(6)149-69-40-36-65(37-41-69)48-75(120-86(135)60(7)114-90(74)139)93(142)123-76(46-63-29-24-23-25-30-63)92(141)118-70(31-27-42-110-100(104)105)88(137)117-71(32-28-43-111-101(106)107)89(138)122-73(44-57(3)4)91(140)125-78(50-67-53-109-56-113-67)94(143)126-80(54-129)97(146)128-84(62(9)130)99(148)115-61(8)87(136)121-79(51-81(102)132)95(144)124-77(47-64-34-38-68(131)39-35-64)96(145)127-83(58(5)11-2)98(147)119-72(85(103)134)49-66-52-108-55-112-66/h23-25,29-30,34-41,52-62,70-80,83-84,130-131H,10-22,26-28,31-33,42-51H2,1-9H3,(H2,102,132)(H2,103,134)(H,108,112)(H,109,113)(H,114,139)(H,115,148)(H,116,133)(H,117,137)(H,118,141)(H,119,147)(H,120,135)(H,121,136)(H,122,138)(H,123,142)(H,124,144)(H,125,140)(H,126,143)(H,127,145)(H,128,146)(H4,104,105,110)(H4,106,107,111). The number of aromatic amines is 2. The number of hydrogen-bond acceptors (Lipinski definition) is 25. The van der Waals surface area contributed by atoms with Gasteiger partial charge < -0.3 is 143 Å². The highest BCUT2D eigenvalue weighted by Crippen LogP contribution is 2.22. The van der Waals surface area contributed by atoms with Crippen molar-refractivity contribution < 1.29 is 101 Å². The topological polar surface area (TPSA) is 771 Å². The number of fused-ring (bicyclic) bond motifs is 12. The summed E-state index contributed by atoms with van der Waals surface area (Å²) in [5.74, 6) is -18.6. The number of nitrogens with one attached hydrogen (secondary N) is 21. The van der Waals surface area contributed by atoms with Crippen LogP contribution in [0.5, 0.6) is 11.5 Å². The number of primary amides is 2. The summed E-state index contributed by atoms with van der Waals surface area (Å²) in [6.45, 7) is 14.1. The predicted octanol–water partition coefficient (Wildman–Crippen LogP) is -1.13. The number of aliphatic hydroxyl groups excluding tert-OH is 1. The Morgan fingerprint density at radius 1 is 0.490 bits per heavy atom. The maximum atomic E-state index is 15.2. The van der Waals surface area contributed by atoms with Crippen LogP contribution in [0.1, 0.15) is 232 Å². The Hall–Kier alpha value is -15.2. The Kier molecular flexibility index (Phi) is 53.2. The molecule has 0 saturated carbocycles. The largest absolute Gasteiger partial charge is 0.508 e. The fourth-order valence-electron chi connectivity index (χ4n) is 16.3. The molecule has 48 nitrogen and oxygen atoms in total. The first-order valence-electron chi connectivity index (χ1n) is 50.9. The number of nitrogens with two attached hydrogens (primary N) is 4. The second kappa shape index (κ2) is 64.7. The van der Waals surface area contributed by atoms with Gasteiger partial charge in [0.05, 0.1) is 31.3 Å². The summed E-state index contributed by atoms with van der Waals surface area (Å²) in [5, 5.41) is 80.3. The minimum Gasteiger partial charge on any atom is -0.508 e. The van der Waals surface area contributed by atoms with E-state index in [4.69, 9.17) is 38.5 Å². The number of nitrogens with zero attached hydrogens (tertiary/aromatic N) is 2. The fourth-order valence-corrected chi connectivity index (χ4v) is 16.3. The van der Waals surface area contributed by atoms with Gasteiger partial charge in [0, 0.05) is 81.8 Å². The van der Waals surface area contributed by atoms with Crippen molar-refractivity contribution in [2.24, 2.45) is 34.8 Å². The van der Waals surface area contributed by atoms with E-state index in [1.54, 1.807) is 89.2 Å². The third-order valence-electron chi connectivity index (χ3n) is 24.9. The molecule has 31 N–H and O–H groups in total. The number of imidazole rings is 2. The number of aromatic nitrogens is 4. The van der Waals surface area contributed by atoms with Crippen LogP contribution in [0.4, 0.5) is 0 Å². The normalized spacial score (nSPS) is 16.9. The summed E-state index contributed by atoms with van der Waals surface area (Å²) in [6, 6.07) is -3.55. The van der Waals surface area contributed by atoms with Crippen LogP contribution in [0.15, 0.2) is 104 Å². The van der Waals surface area contributed by atoms with E-state index in [9.17, 15) is 77.3 Å². The molecule has 0 saturated heterocycles. The van der Waals surface area contributed by atoms with Crippen LogP contribution in [-0.4, -0.2) is 265 Å². The Morgan fingerprint density at radius 3 is 1.46 bits per heavy atom. The van der Waals surface area contributed by atoms with E-state index >= 15 is 19.2 Å². The molecule has 7 rings (SSSR count). The third-order valence-corrected chi connectivity index (χ3v) is 24.9. The first kappa shape index (κ1) is 123. The lowest BCUT2D eigenvalue weighted by molar-refractivity contribution is -0.138. The first-order chi connectivity index (χ1) is 70.9. The molecule has 149 heavy (non-hydrogen) atoms. The smallest absolute Gasteiger partial charge is 0.250 e. The molecule has 0 radical (unpaired) electrons. The second-order valence-electron chi connectivity index (χ2n) is 38.1. The van der Waals surface area contributed by atoms with E-state index in [0.29, 0.717) is 41.0 Å². The third kappa shape index (κ3) is 45.4. The number of carbonyl (C=O) groups excluding carboxylic acids is 18. The predicted molar refractivity (Wildman–Crippen MR) is 550 cm³/mol. The highest BCUT2D eigenvalue weighted by molar-refractivity contribution is 6.05. The van der Waals surface area contributed by atoms with Gasteiger partial charge in [-0.1, -0.05) is 173 Å². The van der Waals surface area contributed by atoms with Gasteiger partial charge in [-0.05, 0) is 119 Å². The van der Waals surface area contributed by atoms with Gasteiger partial charge >= 0.3 is 0 Å². The zero-order valence-corrected chi connectivity index (χ0v) is 86.2. The van der Waals surface area contributed by atoms with E-state index in [-0.39, 0.29) is 107 Å². The summed E-state index contributed by atoms with van der Waals surface area (Å²) in [7, 11) is 0. The van der Waals surface area contributed by atoms with E-state index in [0.717, 1.165) is 39.5 Å². The number of rotatable bonds is 64. The first-order valence-corrected chi connectivity index (χ1v) is 50.9. The van der Waals surface area contributed by atoms with Gasteiger partial charge in [0.1, 0.15) is 96.1 Å². The molecule has 2 aliphatic rings. The van der Waals surface area contributed by atoms with Crippen LogP contribution in [0.3, 0.4) is 0 Å². The Morgan fingerprint density at radius 2 is 0.953 bits per heavy atom. The number of carbonyl (C=O) groups is 18. The zero-order chi connectivity index (χ0) is 110. The molecular formula is C101H153N27O21. The van der Waals surface area contributed by atoms with Crippen molar-refractivity contribution in [3.8, 4) is 11.5 Å². The number of unbranched alkanes of at least 4 members (excludes halogenated alkanes) is 12. The van der Waals surface area contributed by atoms with Crippen LogP contribution in [0.25, 0.3) is 0 Å². The molecule has 3 aromatic carbocycles. The summed E-state index contributed by atoms with van der Waals surface area (Å²) in [5.41, 5.74) is 24.5. The highest BCUT2D eigenvalue weighted by Gasteiger charge is 2.41. The van der Waals surface area contributed by atoms with Gasteiger partial charge in [0.15, 0.2) is 24.2 Å². The monoisotopic (exact) mass is 2080 g/mol. The minimum atomic E-state index is -2.23. The number of ether oxygens (including phenoxy) is 1. The quantitative estimate of drug-likeness (QED) is 0.00720. The van der Waals surface area contributed by atoms with Crippen molar-refractivity contribution in [1.82, 2.24) is 110 Å². The van der Waals surface area contributed by atoms with Gasteiger partial charge in [0.2, 0.25) is 94.5 Å². The Bertz CT molecular complexity index is 5190. The lowest BCUT2D eigenvalue weighted by atomic mass is 9.96. The van der Waals surface area contributed by atoms with Crippen molar-refractivity contribution in [3.05, 3.63) is 132 Å². The molecule has 2 aromatic heterocycles. The fraction of sp³-hybridized carbons (Fsp3) is 0.564. The van der Waals surface area contributed by atoms with Gasteiger partial charge in [-0.2, -0.15) is 0 Å². The van der Waals surface area contributed by atoms with Crippen molar-refractivity contribution in [3.63, 3.8) is 0 Å². The van der Waals surface area contributed by atoms with Crippen molar-refractivity contribution >= 4 is 119 Å². The SMILES string of the molecule is CCCCCCCCCCCCCCCC(=O)NC1CC(C)Oc2ccc(cc2)CC(C(=O)NC(Cc2ccccc2)C(=O)NC(CCCNC(=N)N)C(=O)NC(CCCNC(=N)N)C(=O)NC(CC(C)C)C(=O)NC(Cc2cnc[nH]2)C(=O)NC(C=O)C(=O)NC(C(=O)NC(C)C(=O)NC(CC(N)=O)C(=O)NC(Cc2ccc(O)cc2)C(=O)NC(C(=O)NC(Cc2cnc[nH]2)C(N)=O)C(C)CC)C(C)O)NC(=O)C(C)NC1=O. The number of guanidine groups is 2. The van der Waals surface area contributed by atoms with Gasteiger partial charge in [-0.15, -0.1) is 0 Å². The number of H-pyrrole nitrogens is 2. The summed E-state index contributed by atoms with van der Waals surface area (Å²) in [4.78, 5) is 269. The molecule has 17 amide bonds. The Balaban J connectivity index is 1.18. The maximum absolute atomic E-state index is 15.2. The number of aldehydes is 1. The molecule has 0 aliphatic carbocycles. The van der Waals surface area contributed by atoms with Crippen molar-refractivity contribution in [2.45, 2.75) is 339 Å². The van der Waals surface area contributed by atoms with E-state index in [1.165, 1.54) is 108 Å². The van der Waals surface area contributed by atoms with Crippen LogP contribution in [-0.2, 0) is 118 Å². The second-order valence-corrected chi connectivity index (χ2v) is 38.1. The molecule has 818 valence electrons. The number of phenolic OH excluding ortho intramolecular Hbond substituents is 1. The van der Waals surface area contributed by atoms with E-state index < -0.39 is 234 Å². The zero-order valence-electron chi connectivity index (χ0n) is 86.2. The Labute approximate surface area is 866 Å². The van der Waals surface area contributed by atoms with Crippen molar-refractivity contribution in [2.75, 3.05) is 13.1 Å². The number of amides is 17. The molecule has 48 heteroatoms. The number of aliphatic hydroxyl groups is 1. The molecule has 18 unspecified atom stereocenters. The highest BCUT2D eigenvalue weighted by atomic mass is 16.5. The summed E-state index contributed by atoms with van der Waals surface area (Å²) < 4.78 is 6.24. The van der Waals surface area contributed by atoms with Crippen LogP contribution >= 0.6 is 0 Å². The summed E-state index contributed by atoms with van der Waals surface area (Å²) in [6.07, 6.45) is 15.0. The summed E-state index contributed by atoms with van der Waals surface area (Å²) >= 11 is 0. The molecule has 0 fully saturated rings. The molecule has 2 bridgehead atoms. The van der Waals surface area contributed by atoms with Gasteiger partial charge in [0.25, 0.3) is 5.91 Å². The average Bonchev–Trinajstić information content (AvgIpc) is 1.22. The lowest BCUT2D eigenvalue weighted by Gasteiger charge is -2.29. The average molecular weight is 2080 g/mol. The maximum Gasteiger partial charge on any atom is 0.250 e. The number of aromatic hydroxyl groups is 1. The van der Waals surface area contributed by atoms with Gasteiger partial charge in [-0.3, -0.25) is 92.3 Å². The van der Waals surface area contributed by atoms with Gasteiger partial charge in [-0.25, -0.2) is 9.97 Å². The minimum absolute atomic E-state index is 0.00444. The van der Waals surface area contributed by atoms with Crippen LogP contribution in [0, 0.1) is 22.7 Å². The number of phenols is 1. The molecular weight excluding hydrogens is 1930 g/mol. The van der Waals surface area contributed by atoms with E-state index in [1.807, 2.05) is 0 Å². The molecule has 5 aromatic rings. The van der Waals surface area contributed by atoms with E-state index in [2.05, 4.69) is 117 Å². The molecule has 4 heterocycles. The lowest BCUT2D eigenvalue weighted by Crippen LogP contribution is -2.62. The molecule has 18 atom stereocenters. The van der Waals surface area contributed by atoms with Crippen LogP contribution < -0.4 is 118 Å². The van der Waals surface area contributed by atoms with Crippen molar-refractivity contribution in [1.29, 1.82) is 10.8 Å². The molecule has 2 aliphatic heterocycles. The number of benzene rings is 3.